The highest BCUT2D eigenvalue weighted by atomic mass is 16.6. The second kappa shape index (κ2) is 66.4. The number of hydrogen-bond acceptors (Lipinski definition) is 6. The van der Waals surface area contributed by atoms with Crippen molar-refractivity contribution in [2.75, 3.05) is 13.2 Å². The van der Waals surface area contributed by atoms with Gasteiger partial charge in [-0.25, -0.2) is 0 Å². The maximum absolute atomic E-state index is 12.9. The monoisotopic (exact) mass is 1080 g/mol. The standard InChI is InChI=1S/C71H134O6/c1-4-7-10-13-16-19-22-25-28-30-31-32-33-34-35-36-37-38-39-40-41-42-44-46-49-52-55-58-61-64-70(73)76-67-68(66-75-69(72)63-60-57-54-51-48-45-27-24-21-18-15-12-9-6-3)77-71(74)65-62-59-56-53-50-47-43-29-26-23-20-17-14-11-8-5-2/h24,27,29,43,68H,4-23,25-26,28,30-42,44-67H2,1-3H3/b27-24-,43-29-. The van der Waals surface area contributed by atoms with E-state index in [1.807, 2.05) is 0 Å². The molecule has 77 heavy (non-hydrogen) atoms. The van der Waals surface area contributed by atoms with Crippen LogP contribution in [0.25, 0.3) is 0 Å². The predicted molar refractivity (Wildman–Crippen MR) is 335 cm³/mol. The molecule has 0 heterocycles. The predicted octanol–water partition coefficient (Wildman–Crippen LogP) is 23.8. The maximum Gasteiger partial charge on any atom is 0.306 e. The van der Waals surface area contributed by atoms with E-state index in [1.54, 1.807) is 0 Å². The largest absolute Gasteiger partial charge is 0.462 e. The number of carbonyl (C=O) groups is 3. The van der Waals surface area contributed by atoms with Crippen LogP contribution in [0.2, 0.25) is 0 Å². The number of carbonyl (C=O) groups excluding carboxylic acids is 3. The number of unbranched alkanes of at least 4 members (excludes halogenated alkanes) is 50. The minimum absolute atomic E-state index is 0.0722. The second-order valence-corrected chi connectivity index (χ2v) is 23.8. The molecule has 0 aromatic heterocycles. The van der Waals surface area contributed by atoms with Crippen LogP contribution in [0.4, 0.5) is 0 Å². The van der Waals surface area contributed by atoms with Crippen molar-refractivity contribution in [3.05, 3.63) is 24.3 Å². The fourth-order valence-corrected chi connectivity index (χ4v) is 10.7. The van der Waals surface area contributed by atoms with Crippen LogP contribution in [0, 0.1) is 0 Å². The first-order valence-corrected chi connectivity index (χ1v) is 34.8. The average molecular weight is 1080 g/mol. The molecule has 0 rings (SSSR count). The quantitative estimate of drug-likeness (QED) is 0.0261. The number of hydrogen-bond donors (Lipinski definition) is 0. The Morgan fingerprint density at radius 1 is 0.247 bits per heavy atom. The zero-order valence-corrected chi connectivity index (χ0v) is 52.3. The summed E-state index contributed by atoms with van der Waals surface area (Å²) in [7, 11) is 0. The van der Waals surface area contributed by atoms with Gasteiger partial charge in [0.15, 0.2) is 6.10 Å². The van der Waals surface area contributed by atoms with Gasteiger partial charge in [-0.2, -0.15) is 0 Å². The lowest BCUT2D eigenvalue weighted by Crippen LogP contribution is -2.30. The molecular weight excluding hydrogens is 949 g/mol. The van der Waals surface area contributed by atoms with Gasteiger partial charge in [-0.05, 0) is 70.6 Å². The van der Waals surface area contributed by atoms with Gasteiger partial charge in [-0.3, -0.25) is 14.4 Å². The van der Waals surface area contributed by atoms with Crippen LogP contribution in [0.3, 0.4) is 0 Å². The summed E-state index contributed by atoms with van der Waals surface area (Å²) in [4.78, 5) is 38.3. The molecule has 0 saturated carbocycles. The van der Waals surface area contributed by atoms with Crippen LogP contribution < -0.4 is 0 Å². The molecule has 1 atom stereocenters. The zero-order chi connectivity index (χ0) is 55.7. The molecule has 0 fully saturated rings. The summed E-state index contributed by atoms with van der Waals surface area (Å²) in [6.07, 6.45) is 80.7. The Balaban J connectivity index is 4.16. The molecule has 1 unspecified atom stereocenters. The van der Waals surface area contributed by atoms with Crippen LogP contribution in [-0.4, -0.2) is 37.2 Å². The first-order chi connectivity index (χ1) is 38.0. The van der Waals surface area contributed by atoms with Gasteiger partial charge in [0, 0.05) is 19.3 Å². The van der Waals surface area contributed by atoms with E-state index < -0.39 is 6.10 Å². The summed E-state index contributed by atoms with van der Waals surface area (Å²) in [5.74, 6) is -0.862. The summed E-state index contributed by atoms with van der Waals surface area (Å²) >= 11 is 0. The highest BCUT2D eigenvalue weighted by Gasteiger charge is 2.19. The molecule has 0 amide bonds. The Labute approximate surface area is 481 Å². The van der Waals surface area contributed by atoms with Crippen molar-refractivity contribution in [1.82, 2.24) is 0 Å². The minimum atomic E-state index is -0.777. The Morgan fingerprint density at radius 3 is 0.649 bits per heavy atom. The number of ether oxygens (including phenoxy) is 3. The molecule has 6 heteroatoms. The van der Waals surface area contributed by atoms with Crippen molar-refractivity contribution < 1.29 is 28.6 Å². The summed E-state index contributed by atoms with van der Waals surface area (Å²) in [6, 6.07) is 0. The normalized spacial score (nSPS) is 12.1. The molecule has 0 aromatic rings. The van der Waals surface area contributed by atoms with E-state index in [0.29, 0.717) is 19.3 Å². The molecule has 454 valence electrons. The molecule has 0 aliphatic heterocycles. The van der Waals surface area contributed by atoms with Crippen LogP contribution in [0.1, 0.15) is 393 Å². The number of allylic oxidation sites excluding steroid dienone is 4. The fraction of sp³-hybridized carbons (Fsp3) is 0.901. The van der Waals surface area contributed by atoms with Gasteiger partial charge in [-0.1, -0.05) is 328 Å². The maximum atomic E-state index is 12.9. The van der Waals surface area contributed by atoms with Gasteiger partial charge < -0.3 is 14.2 Å². The smallest absolute Gasteiger partial charge is 0.306 e. The molecule has 0 bridgehead atoms. The molecule has 0 aliphatic rings. The summed E-state index contributed by atoms with van der Waals surface area (Å²) in [5, 5.41) is 0. The van der Waals surface area contributed by atoms with Crippen molar-refractivity contribution in [1.29, 1.82) is 0 Å². The fourth-order valence-electron chi connectivity index (χ4n) is 10.7. The van der Waals surface area contributed by atoms with E-state index >= 15 is 0 Å². The molecule has 0 aliphatic carbocycles. The van der Waals surface area contributed by atoms with Crippen LogP contribution >= 0.6 is 0 Å². The molecule has 0 radical (unpaired) electrons. The van der Waals surface area contributed by atoms with Crippen molar-refractivity contribution in [2.45, 2.75) is 399 Å². The lowest BCUT2D eigenvalue weighted by atomic mass is 10.0. The lowest BCUT2D eigenvalue weighted by molar-refractivity contribution is -0.167. The average Bonchev–Trinajstić information content (AvgIpc) is 3.43. The minimum Gasteiger partial charge on any atom is -0.462 e. The topological polar surface area (TPSA) is 78.9 Å². The lowest BCUT2D eigenvalue weighted by Gasteiger charge is -2.18. The van der Waals surface area contributed by atoms with Crippen molar-refractivity contribution in [2.24, 2.45) is 0 Å². The number of rotatable bonds is 65. The SMILES string of the molecule is CCCCCCC/C=C\CCCCCCCC(=O)OCC(COC(=O)CCCCCCCCCCCCCCCCCCCCCCCCCCCCCCC)OC(=O)CCCCCCC/C=C\CCCCCCCCC. The third-order valence-electron chi connectivity index (χ3n) is 15.9. The number of esters is 3. The van der Waals surface area contributed by atoms with E-state index in [9.17, 15) is 14.4 Å². The molecule has 0 spiro atoms. The van der Waals surface area contributed by atoms with E-state index in [0.717, 1.165) is 70.6 Å². The van der Waals surface area contributed by atoms with Crippen molar-refractivity contribution in [3.63, 3.8) is 0 Å². The van der Waals surface area contributed by atoms with E-state index in [4.69, 9.17) is 14.2 Å². The zero-order valence-electron chi connectivity index (χ0n) is 52.3. The molecule has 0 N–H and O–H groups in total. The second-order valence-electron chi connectivity index (χ2n) is 23.8. The molecule has 0 saturated heterocycles. The van der Waals surface area contributed by atoms with Crippen molar-refractivity contribution >= 4 is 17.9 Å². The first kappa shape index (κ1) is 74.9. The molecular formula is C71H134O6. The van der Waals surface area contributed by atoms with E-state index in [-0.39, 0.29) is 31.1 Å². The Hall–Kier alpha value is -2.11. The Bertz CT molecular complexity index is 1240. The third kappa shape index (κ3) is 64.6. The van der Waals surface area contributed by atoms with Gasteiger partial charge in [0.25, 0.3) is 0 Å². The van der Waals surface area contributed by atoms with Gasteiger partial charge in [-0.15, -0.1) is 0 Å². The van der Waals surface area contributed by atoms with Crippen LogP contribution in [-0.2, 0) is 28.6 Å². The molecule has 0 aromatic carbocycles. The van der Waals surface area contributed by atoms with Gasteiger partial charge >= 0.3 is 17.9 Å². The Morgan fingerprint density at radius 2 is 0.429 bits per heavy atom. The highest BCUT2D eigenvalue weighted by Crippen LogP contribution is 2.18. The van der Waals surface area contributed by atoms with Crippen molar-refractivity contribution in [3.8, 4) is 0 Å². The van der Waals surface area contributed by atoms with Gasteiger partial charge in [0.05, 0.1) is 0 Å². The van der Waals surface area contributed by atoms with Gasteiger partial charge in [0.2, 0.25) is 0 Å². The van der Waals surface area contributed by atoms with E-state index in [2.05, 4.69) is 45.1 Å². The molecule has 6 nitrogen and oxygen atoms in total. The summed E-state index contributed by atoms with van der Waals surface area (Å²) < 4.78 is 17.0. The van der Waals surface area contributed by atoms with Crippen LogP contribution in [0.15, 0.2) is 24.3 Å². The van der Waals surface area contributed by atoms with E-state index in [1.165, 1.54) is 283 Å². The first-order valence-electron chi connectivity index (χ1n) is 34.8. The third-order valence-corrected chi connectivity index (χ3v) is 15.9. The van der Waals surface area contributed by atoms with Crippen LogP contribution in [0.5, 0.6) is 0 Å². The highest BCUT2D eigenvalue weighted by molar-refractivity contribution is 5.71. The Kier molecular flexibility index (Phi) is 64.6. The summed E-state index contributed by atoms with van der Waals surface area (Å²) in [6.45, 7) is 6.69. The summed E-state index contributed by atoms with van der Waals surface area (Å²) in [5.41, 5.74) is 0. The van der Waals surface area contributed by atoms with Gasteiger partial charge in [0.1, 0.15) is 13.2 Å².